The number of methoxy groups -OCH3 is 1. The van der Waals surface area contributed by atoms with Crippen molar-refractivity contribution in [1.29, 1.82) is 0 Å². The van der Waals surface area contributed by atoms with Gasteiger partial charge in [-0.15, -0.1) is 0 Å². The van der Waals surface area contributed by atoms with Crippen LogP contribution in [0.3, 0.4) is 0 Å². The van der Waals surface area contributed by atoms with Crippen LogP contribution in [0.1, 0.15) is 10.4 Å². The van der Waals surface area contributed by atoms with Gasteiger partial charge in [-0.1, -0.05) is 11.6 Å². The van der Waals surface area contributed by atoms with Crippen LogP contribution in [0.15, 0.2) is 30.5 Å². The van der Waals surface area contributed by atoms with Gasteiger partial charge < -0.3 is 10.1 Å². The summed E-state index contributed by atoms with van der Waals surface area (Å²) in [5.74, 6) is -2.99. The summed E-state index contributed by atoms with van der Waals surface area (Å²) in [5.41, 5.74) is -0.109. The molecule has 7 heteroatoms. The molecule has 1 N–H and O–H groups in total. The largest absolute Gasteiger partial charge is 0.495 e. The molecule has 2 aromatic rings. The molecular weight excluding hydrogens is 290 g/mol. The summed E-state index contributed by atoms with van der Waals surface area (Å²) in [6.45, 7) is 0. The zero-order valence-corrected chi connectivity index (χ0v) is 11.0. The van der Waals surface area contributed by atoms with Crippen LogP contribution in [0.25, 0.3) is 0 Å². The normalized spacial score (nSPS) is 10.2. The van der Waals surface area contributed by atoms with Crippen molar-refractivity contribution in [2.24, 2.45) is 0 Å². The molecule has 4 nitrogen and oxygen atoms in total. The Kier molecular flexibility index (Phi) is 4.14. The second-order valence-electron chi connectivity index (χ2n) is 3.77. The average Bonchev–Trinajstić information content (AvgIpc) is 2.42. The summed E-state index contributed by atoms with van der Waals surface area (Å²) in [7, 11) is 1.45. The zero-order valence-electron chi connectivity index (χ0n) is 10.3. The number of pyridine rings is 1. The molecule has 104 valence electrons. The van der Waals surface area contributed by atoms with Gasteiger partial charge in [0.05, 0.1) is 17.7 Å². The molecule has 1 heterocycles. The van der Waals surface area contributed by atoms with Gasteiger partial charge in [-0.05, 0) is 24.3 Å². The molecule has 20 heavy (non-hydrogen) atoms. The summed E-state index contributed by atoms with van der Waals surface area (Å²) in [5, 5.41) is 2.69. The predicted molar refractivity (Wildman–Crippen MR) is 70.1 cm³/mol. The molecule has 0 unspecified atom stereocenters. The lowest BCUT2D eigenvalue weighted by Gasteiger charge is -2.08. The lowest BCUT2D eigenvalue weighted by molar-refractivity contribution is 0.102. The number of carbonyl (C=O) groups excluding carboxylic acids is 1. The van der Waals surface area contributed by atoms with E-state index in [0.29, 0.717) is 11.4 Å². The molecule has 0 radical (unpaired) electrons. The first-order valence-electron chi connectivity index (χ1n) is 5.48. The number of nitrogens with one attached hydrogen (secondary N) is 1. The lowest BCUT2D eigenvalue weighted by Crippen LogP contribution is -2.15. The van der Waals surface area contributed by atoms with Gasteiger partial charge in [0.25, 0.3) is 5.91 Å². The number of halogens is 3. The molecule has 0 aliphatic carbocycles. The van der Waals surface area contributed by atoms with E-state index >= 15 is 0 Å². The highest BCUT2D eigenvalue weighted by Crippen LogP contribution is 2.27. The van der Waals surface area contributed by atoms with E-state index in [9.17, 15) is 13.6 Å². The number of aromatic nitrogens is 1. The number of nitrogens with zero attached hydrogens (tertiary/aromatic N) is 1. The van der Waals surface area contributed by atoms with E-state index < -0.39 is 23.2 Å². The molecule has 0 saturated carbocycles. The van der Waals surface area contributed by atoms with Crippen molar-refractivity contribution < 1.29 is 18.3 Å². The SMILES string of the molecule is COc1ccc(NC(=O)c2ccnc(F)c2F)cc1Cl. The summed E-state index contributed by atoms with van der Waals surface area (Å²) >= 11 is 5.90. The topological polar surface area (TPSA) is 51.2 Å². The Balaban J connectivity index is 2.24. The minimum absolute atomic E-state index is 0.284. The van der Waals surface area contributed by atoms with E-state index in [1.54, 1.807) is 6.07 Å². The molecule has 0 saturated heterocycles. The highest BCUT2D eigenvalue weighted by molar-refractivity contribution is 6.32. The number of amides is 1. The fourth-order valence-electron chi connectivity index (χ4n) is 1.54. The molecule has 2 rings (SSSR count). The van der Waals surface area contributed by atoms with Crippen LogP contribution < -0.4 is 10.1 Å². The Labute approximate surface area is 118 Å². The second kappa shape index (κ2) is 5.83. The van der Waals surface area contributed by atoms with Gasteiger partial charge in [-0.2, -0.15) is 4.39 Å². The van der Waals surface area contributed by atoms with Gasteiger partial charge in [0.2, 0.25) is 5.95 Å². The molecule has 1 aromatic heterocycles. The van der Waals surface area contributed by atoms with Gasteiger partial charge in [0.1, 0.15) is 5.75 Å². The number of anilines is 1. The van der Waals surface area contributed by atoms with Gasteiger partial charge in [-0.3, -0.25) is 4.79 Å². The Morgan fingerprint density at radius 3 is 2.75 bits per heavy atom. The summed E-state index contributed by atoms with van der Waals surface area (Å²) in [6, 6.07) is 5.59. The predicted octanol–water partition coefficient (Wildman–Crippen LogP) is 3.27. The van der Waals surface area contributed by atoms with Crippen LogP contribution in [0.2, 0.25) is 5.02 Å². The Morgan fingerprint density at radius 1 is 1.35 bits per heavy atom. The van der Waals surface area contributed by atoms with Crippen molar-refractivity contribution in [3.05, 3.63) is 52.8 Å². The molecule has 0 fully saturated rings. The molecule has 0 atom stereocenters. The summed E-state index contributed by atoms with van der Waals surface area (Å²) < 4.78 is 31.3. The first kappa shape index (κ1) is 14.2. The summed E-state index contributed by atoms with van der Waals surface area (Å²) in [4.78, 5) is 14.9. The van der Waals surface area contributed by atoms with Gasteiger partial charge in [-0.25, -0.2) is 9.37 Å². The van der Waals surface area contributed by atoms with Crippen molar-refractivity contribution in [2.45, 2.75) is 0 Å². The molecule has 0 bridgehead atoms. The minimum atomic E-state index is -1.33. The van der Waals surface area contributed by atoms with E-state index in [1.165, 1.54) is 19.2 Å². The number of hydrogen-bond donors (Lipinski definition) is 1. The summed E-state index contributed by atoms with van der Waals surface area (Å²) in [6.07, 6.45) is 1.01. The third-order valence-electron chi connectivity index (χ3n) is 2.50. The number of ether oxygens (including phenoxy) is 1. The Bertz CT molecular complexity index is 665. The standard InChI is InChI=1S/C13H9ClF2N2O2/c1-20-10-3-2-7(6-9(10)14)18-13(19)8-4-5-17-12(16)11(8)15/h2-6H,1H3,(H,18,19). The van der Waals surface area contributed by atoms with Crippen molar-refractivity contribution in [3.8, 4) is 5.75 Å². The highest BCUT2D eigenvalue weighted by Gasteiger charge is 2.16. The van der Waals surface area contributed by atoms with Crippen LogP contribution in [-0.4, -0.2) is 18.0 Å². The molecule has 1 amide bonds. The fraction of sp³-hybridized carbons (Fsp3) is 0.0769. The van der Waals surface area contributed by atoms with E-state index in [1.807, 2.05) is 0 Å². The molecule has 0 aliphatic rings. The Hall–Kier alpha value is -2.21. The van der Waals surface area contributed by atoms with Gasteiger partial charge >= 0.3 is 0 Å². The van der Waals surface area contributed by atoms with Crippen molar-refractivity contribution in [3.63, 3.8) is 0 Å². The molecule has 0 spiro atoms. The second-order valence-corrected chi connectivity index (χ2v) is 4.17. The number of rotatable bonds is 3. The maximum atomic E-state index is 13.4. The van der Waals surface area contributed by atoms with E-state index in [4.69, 9.17) is 16.3 Å². The van der Waals surface area contributed by atoms with Crippen LogP contribution in [0.5, 0.6) is 5.75 Å². The fourth-order valence-corrected chi connectivity index (χ4v) is 1.79. The molecule has 1 aromatic carbocycles. The van der Waals surface area contributed by atoms with Gasteiger partial charge in [0, 0.05) is 11.9 Å². The quantitative estimate of drug-likeness (QED) is 0.885. The number of carbonyl (C=O) groups is 1. The molecular formula is C13H9ClF2N2O2. The minimum Gasteiger partial charge on any atom is -0.495 e. The Morgan fingerprint density at radius 2 is 2.10 bits per heavy atom. The van der Waals surface area contributed by atoms with Crippen LogP contribution in [0, 0.1) is 11.8 Å². The number of benzene rings is 1. The third-order valence-corrected chi connectivity index (χ3v) is 2.80. The lowest BCUT2D eigenvalue weighted by atomic mass is 10.2. The molecule has 0 aliphatic heterocycles. The van der Waals surface area contributed by atoms with Crippen molar-refractivity contribution in [2.75, 3.05) is 12.4 Å². The third kappa shape index (κ3) is 2.85. The van der Waals surface area contributed by atoms with Crippen molar-refractivity contribution >= 4 is 23.2 Å². The van der Waals surface area contributed by atoms with Crippen LogP contribution in [0.4, 0.5) is 14.5 Å². The smallest absolute Gasteiger partial charge is 0.258 e. The maximum absolute atomic E-state index is 13.4. The van der Waals surface area contributed by atoms with Gasteiger partial charge in [0.15, 0.2) is 5.82 Å². The first-order valence-corrected chi connectivity index (χ1v) is 5.85. The van der Waals surface area contributed by atoms with Crippen molar-refractivity contribution in [1.82, 2.24) is 4.98 Å². The van der Waals surface area contributed by atoms with E-state index in [0.717, 1.165) is 12.3 Å². The average molecular weight is 299 g/mol. The number of hydrogen-bond acceptors (Lipinski definition) is 3. The maximum Gasteiger partial charge on any atom is 0.258 e. The van der Waals surface area contributed by atoms with Crippen LogP contribution in [-0.2, 0) is 0 Å². The van der Waals surface area contributed by atoms with E-state index in [2.05, 4.69) is 10.3 Å². The monoisotopic (exact) mass is 298 g/mol. The van der Waals surface area contributed by atoms with E-state index in [-0.39, 0.29) is 5.02 Å². The van der Waals surface area contributed by atoms with Crippen LogP contribution >= 0.6 is 11.6 Å². The highest BCUT2D eigenvalue weighted by atomic mass is 35.5. The first-order chi connectivity index (χ1) is 9.52. The zero-order chi connectivity index (χ0) is 14.7.